The summed E-state index contributed by atoms with van der Waals surface area (Å²) in [5, 5.41) is -0.0482. The summed E-state index contributed by atoms with van der Waals surface area (Å²) >= 11 is 5.96. The van der Waals surface area contributed by atoms with Gasteiger partial charge in [-0.3, -0.25) is 14.5 Å². The Kier molecular flexibility index (Phi) is 5.71. The highest BCUT2D eigenvalue weighted by atomic mass is 35.5. The largest absolute Gasteiger partial charge is 0.398 e. The average Bonchev–Trinajstić information content (AvgIpc) is 3.62. The molecule has 2 amide bonds. The third-order valence-corrected chi connectivity index (χ3v) is 7.65. The number of aromatic nitrogens is 3. The van der Waals surface area contributed by atoms with E-state index >= 15 is 4.39 Å². The number of amides is 2. The summed E-state index contributed by atoms with van der Waals surface area (Å²) in [7, 11) is 0. The molecular formula is C26H23ClF2N6O2. The summed E-state index contributed by atoms with van der Waals surface area (Å²) in [5.41, 5.74) is 7.62. The van der Waals surface area contributed by atoms with Gasteiger partial charge in [-0.25, -0.2) is 18.7 Å². The van der Waals surface area contributed by atoms with Gasteiger partial charge >= 0.3 is 0 Å². The van der Waals surface area contributed by atoms with E-state index in [1.165, 1.54) is 41.6 Å². The lowest BCUT2D eigenvalue weighted by Crippen LogP contribution is -2.39. The van der Waals surface area contributed by atoms with Crippen molar-refractivity contribution in [3.8, 4) is 11.3 Å². The maximum absolute atomic E-state index is 15.4. The summed E-state index contributed by atoms with van der Waals surface area (Å²) in [6, 6.07) is 3.96. The van der Waals surface area contributed by atoms with E-state index in [0.717, 1.165) is 0 Å². The molecule has 0 spiro atoms. The van der Waals surface area contributed by atoms with E-state index in [1.54, 1.807) is 4.90 Å². The second kappa shape index (κ2) is 8.95. The molecule has 1 aromatic carbocycles. The molecule has 0 radical (unpaired) electrons. The fourth-order valence-corrected chi connectivity index (χ4v) is 5.79. The Morgan fingerprint density at radius 2 is 1.95 bits per heavy atom. The Labute approximate surface area is 216 Å². The number of imidazole rings is 1. The minimum Gasteiger partial charge on any atom is -0.398 e. The number of nitrogens with zero attached hydrogens (tertiary/aromatic N) is 4. The number of carbonyl (C=O) groups is 2. The second-order valence-electron chi connectivity index (χ2n) is 9.52. The molecule has 6 rings (SSSR count). The molecule has 11 heteroatoms. The number of halogens is 3. The number of benzene rings is 1. The first-order chi connectivity index (χ1) is 17.8. The first-order valence-electron chi connectivity index (χ1n) is 12.1. The molecule has 2 atom stereocenters. The van der Waals surface area contributed by atoms with Gasteiger partial charge in [0.15, 0.2) is 17.5 Å². The van der Waals surface area contributed by atoms with Crippen LogP contribution >= 0.6 is 11.6 Å². The highest BCUT2D eigenvalue weighted by Gasteiger charge is 2.42. The van der Waals surface area contributed by atoms with Crippen LogP contribution < -0.4 is 10.6 Å². The summed E-state index contributed by atoms with van der Waals surface area (Å²) in [5.74, 6) is -1.11. The molecule has 2 saturated heterocycles. The standard InChI is InChI=1S/C26H23ClF2N6O2/c27-16-4-5-17(30)22(24(16)29)13-10-14-3-6-19(35(14)21(37)11-13)25-32-12-18(33-25)15-7-8-31-26(23(15)28)34-9-1-2-20(34)36/h4-5,7-8,11-12,14,19H,1-3,6,9-10,30H2,(H,32,33)/t14-,19+/m1/s1. The number of nitrogen functional groups attached to an aromatic ring is 1. The number of nitrogens with two attached hydrogens (primary N) is 1. The van der Waals surface area contributed by atoms with Gasteiger partial charge < -0.3 is 15.6 Å². The van der Waals surface area contributed by atoms with Crippen LogP contribution in [0.15, 0.2) is 36.7 Å². The number of H-pyrrole nitrogens is 1. The number of pyridine rings is 1. The number of anilines is 2. The average molecular weight is 525 g/mol. The Morgan fingerprint density at radius 1 is 1.11 bits per heavy atom. The van der Waals surface area contributed by atoms with Gasteiger partial charge in [0.25, 0.3) is 0 Å². The van der Waals surface area contributed by atoms with Gasteiger partial charge in [-0.1, -0.05) is 11.6 Å². The van der Waals surface area contributed by atoms with E-state index in [4.69, 9.17) is 17.3 Å². The van der Waals surface area contributed by atoms with E-state index in [2.05, 4.69) is 15.0 Å². The van der Waals surface area contributed by atoms with Crippen LogP contribution in [0.3, 0.4) is 0 Å². The van der Waals surface area contributed by atoms with Crippen LogP contribution in [0.25, 0.3) is 16.8 Å². The van der Waals surface area contributed by atoms with Crippen LogP contribution in [0.5, 0.6) is 0 Å². The zero-order valence-corrected chi connectivity index (χ0v) is 20.4. The second-order valence-corrected chi connectivity index (χ2v) is 9.93. The van der Waals surface area contributed by atoms with Gasteiger partial charge in [0.2, 0.25) is 11.8 Å². The first kappa shape index (κ1) is 23.6. The quantitative estimate of drug-likeness (QED) is 0.484. The normalized spacial score (nSPS) is 21.5. The summed E-state index contributed by atoms with van der Waals surface area (Å²) in [4.78, 5) is 40.1. The summed E-state index contributed by atoms with van der Waals surface area (Å²) in [6.45, 7) is 0.432. The number of rotatable bonds is 4. The molecule has 0 saturated carbocycles. The van der Waals surface area contributed by atoms with Gasteiger partial charge in [-0.15, -0.1) is 0 Å². The van der Waals surface area contributed by atoms with Crippen molar-refractivity contribution in [2.75, 3.05) is 17.2 Å². The van der Waals surface area contributed by atoms with Crippen LogP contribution in [0.4, 0.5) is 20.3 Å². The monoisotopic (exact) mass is 524 g/mol. The van der Waals surface area contributed by atoms with Crippen molar-refractivity contribution in [1.82, 2.24) is 19.9 Å². The van der Waals surface area contributed by atoms with Crippen molar-refractivity contribution < 1.29 is 18.4 Å². The molecule has 190 valence electrons. The van der Waals surface area contributed by atoms with Gasteiger partial charge in [0.1, 0.15) is 5.82 Å². The third-order valence-electron chi connectivity index (χ3n) is 7.36. The molecular weight excluding hydrogens is 502 g/mol. The highest BCUT2D eigenvalue weighted by molar-refractivity contribution is 6.31. The molecule has 2 fully saturated rings. The highest BCUT2D eigenvalue weighted by Crippen LogP contribution is 2.44. The zero-order valence-electron chi connectivity index (χ0n) is 19.7. The van der Waals surface area contributed by atoms with Crippen molar-refractivity contribution in [1.29, 1.82) is 0 Å². The van der Waals surface area contributed by atoms with E-state index in [9.17, 15) is 14.0 Å². The Balaban J connectivity index is 1.28. The number of hydrogen-bond donors (Lipinski definition) is 2. The van der Waals surface area contributed by atoms with Crippen molar-refractivity contribution in [3.63, 3.8) is 0 Å². The molecule has 37 heavy (non-hydrogen) atoms. The first-order valence-corrected chi connectivity index (χ1v) is 12.5. The number of aromatic amines is 1. The van der Waals surface area contributed by atoms with E-state index in [0.29, 0.717) is 55.7 Å². The lowest BCUT2D eigenvalue weighted by molar-refractivity contribution is -0.129. The molecule has 0 bridgehead atoms. The minimum atomic E-state index is -0.631. The molecule has 3 N–H and O–H groups in total. The Hall–Kier alpha value is -3.79. The fourth-order valence-electron chi connectivity index (χ4n) is 5.63. The molecule has 0 unspecified atom stereocenters. The molecule has 2 aromatic heterocycles. The Morgan fingerprint density at radius 3 is 2.73 bits per heavy atom. The maximum atomic E-state index is 15.4. The van der Waals surface area contributed by atoms with Crippen LogP contribution in [-0.4, -0.2) is 44.3 Å². The van der Waals surface area contributed by atoms with E-state index in [-0.39, 0.29) is 51.6 Å². The summed E-state index contributed by atoms with van der Waals surface area (Å²) in [6.07, 6.45) is 7.20. The summed E-state index contributed by atoms with van der Waals surface area (Å²) < 4.78 is 30.1. The van der Waals surface area contributed by atoms with E-state index in [1.807, 2.05) is 0 Å². The van der Waals surface area contributed by atoms with Gasteiger partial charge in [-0.05, 0) is 49.5 Å². The molecule has 8 nitrogen and oxygen atoms in total. The number of nitrogens with one attached hydrogen (secondary N) is 1. The Bertz CT molecular complexity index is 1470. The topological polar surface area (TPSA) is 108 Å². The van der Waals surface area contributed by atoms with Crippen molar-refractivity contribution in [2.45, 2.75) is 44.2 Å². The van der Waals surface area contributed by atoms with Crippen molar-refractivity contribution >= 4 is 40.5 Å². The SMILES string of the molecule is Nc1ccc(Cl)c(F)c1C1=CC(=O)N2[C@H](CC[C@H]2c2ncc(-c3ccnc(N4CCCC4=O)c3F)[nH]2)C1. The van der Waals surface area contributed by atoms with Crippen LogP contribution in [0.2, 0.25) is 5.02 Å². The minimum absolute atomic E-state index is 0.00785. The number of fused-ring (bicyclic) bond motifs is 1. The molecule has 5 heterocycles. The zero-order chi connectivity index (χ0) is 25.8. The van der Waals surface area contributed by atoms with E-state index < -0.39 is 11.6 Å². The van der Waals surface area contributed by atoms with Crippen LogP contribution in [0.1, 0.15) is 49.5 Å². The molecule has 3 aromatic rings. The van der Waals surface area contributed by atoms with Gasteiger partial charge in [-0.2, -0.15) is 0 Å². The smallest absolute Gasteiger partial charge is 0.247 e. The lowest BCUT2D eigenvalue weighted by Gasteiger charge is -2.33. The lowest BCUT2D eigenvalue weighted by atomic mass is 9.92. The predicted molar refractivity (Wildman–Crippen MR) is 134 cm³/mol. The number of hydrogen-bond acceptors (Lipinski definition) is 5. The number of carbonyl (C=O) groups excluding carboxylic acids is 2. The van der Waals surface area contributed by atoms with Crippen LogP contribution in [0, 0.1) is 11.6 Å². The van der Waals surface area contributed by atoms with Crippen molar-refractivity contribution in [2.24, 2.45) is 0 Å². The molecule has 3 aliphatic rings. The maximum Gasteiger partial charge on any atom is 0.247 e. The predicted octanol–water partition coefficient (Wildman–Crippen LogP) is 4.63. The third kappa shape index (κ3) is 3.87. The van der Waals surface area contributed by atoms with Gasteiger partial charge in [0.05, 0.1) is 23.0 Å². The van der Waals surface area contributed by atoms with Gasteiger partial charge in [0, 0.05) is 48.1 Å². The van der Waals surface area contributed by atoms with Crippen LogP contribution in [-0.2, 0) is 9.59 Å². The molecule has 0 aliphatic carbocycles. The fraction of sp³-hybridized carbons (Fsp3) is 0.308. The van der Waals surface area contributed by atoms with Crippen molar-refractivity contribution in [3.05, 3.63) is 64.7 Å². The molecule has 3 aliphatic heterocycles.